The molecule has 0 radical (unpaired) electrons. The summed E-state index contributed by atoms with van der Waals surface area (Å²) in [6, 6.07) is 5.96. The molecule has 1 amide bonds. The van der Waals surface area contributed by atoms with Crippen molar-refractivity contribution in [1.29, 1.82) is 0 Å². The average molecular weight is 298 g/mol. The maximum absolute atomic E-state index is 12.4. The fourth-order valence-electron chi connectivity index (χ4n) is 1.66. The lowest BCUT2D eigenvalue weighted by atomic mass is 10.0. The van der Waals surface area contributed by atoms with Crippen molar-refractivity contribution < 1.29 is 4.79 Å². The van der Waals surface area contributed by atoms with Crippen LogP contribution in [0.3, 0.4) is 0 Å². The minimum absolute atomic E-state index is 0.0706. The van der Waals surface area contributed by atoms with Gasteiger partial charge < -0.3 is 4.90 Å². The number of hydrogen-bond donors (Lipinski definition) is 0. The summed E-state index contributed by atoms with van der Waals surface area (Å²) in [5.74, 6) is 0.0706. The Morgan fingerprint density at radius 2 is 1.71 bits per heavy atom. The normalized spacial score (nSPS) is 11.4. The highest BCUT2D eigenvalue weighted by atomic mass is 79.9. The van der Waals surface area contributed by atoms with Crippen LogP contribution in [0.15, 0.2) is 18.2 Å². The molecule has 3 heteroatoms. The molecule has 0 aliphatic heterocycles. The molecule has 0 fully saturated rings. The molecule has 1 rings (SSSR count). The van der Waals surface area contributed by atoms with E-state index in [9.17, 15) is 4.79 Å². The van der Waals surface area contributed by atoms with Crippen LogP contribution in [0, 0.1) is 13.8 Å². The summed E-state index contributed by atoms with van der Waals surface area (Å²) in [5, 5.41) is 0.757. The number of hydrogen-bond acceptors (Lipinski definition) is 1. The number of carbonyl (C=O) groups excluding carboxylic acids is 1. The monoisotopic (exact) mass is 297 g/mol. The Morgan fingerprint density at radius 1 is 1.24 bits per heavy atom. The minimum Gasteiger partial charge on any atom is -0.336 e. The Bertz CT molecular complexity index is 406. The molecule has 1 aromatic rings. The van der Waals surface area contributed by atoms with Crippen molar-refractivity contribution in [2.24, 2.45) is 0 Å². The third-order valence-electron chi connectivity index (χ3n) is 3.01. The fraction of sp³-hybridized carbons (Fsp3) is 0.500. The van der Waals surface area contributed by atoms with Gasteiger partial charge in [-0.1, -0.05) is 33.1 Å². The molecule has 0 unspecified atom stereocenters. The van der Waals surface area contributed by atoms with E-state index >= 15 is 0 Å². The van der Waals surface area contributed by atoms with E-state index in [1.807, 2.05) is 46.9 Å². The molecule has 0 saturated carbocycles. The Labute approximate surface area is 112 Å². The lowest BCUT2D eigenvalue weighted by Crippen LogP contribution is -2.46. The second-order valence-electron chi connectivity index (χ2n) is 5.19. The van der Waals surface area contributed by atoms with Gasteiger partial charge in [-0.25, -0.2) is 0 Å². The molecule has 0 aliphatic rings. The zero-order valence-electron chi connectivity index (χ0n) is 11.2. The Balaban J connectivity index is 3.04. The van der Waals surface area contributed by atoms with E-state index in [0.717, 1.165) is 22.0 Å². The Morgan fingerprint density at radius 3 is 2.12 bits per heavy atom. The topological polar surface area (TPSA) is 20.3 Å². The van der Waals surface area contributed by atoms with Gasteiger partial charge in [0.15, 0.2) is 0 Å². The molecule has 0 spiro atoms. The molecule has 0 N–H and O–H groups in total. The van der Waals surface area contributed by atoms with Gasteiger partial charge in [-0.3, -0.25) is 4.79 Å². The van der Waals surface area contributed by atoms with Gasteiger partial charge >= 0.3 is 0 Å². The number of nitrogens with zero attached hydrogens (tertiary/aromatic N) is 1. The van der Waals surface area contributed by atoms with Crippen LogP contribution < -0.4 is 0 Å². The summed E-state index contributed by atoms with van der Waals surface area (Å²) in [5.41, 5.74) is 2.82. The van der Waals surface area contributed by atoms with E-state index in [0.29, 0.717) is 0 Å². The van der Waals surface area contributed by atoms with Gasteiger partial charge in [0.05, 0.1) is 0 Å². The number of benzene rings is 1. The van der Waals surface area contributed by atoms with Crippen LogP contribution in [0.1, 0.15) is 35.3 Å². The molecular formula is C14H20BrNO. The number of alkyl halides is 1. The predicted octanol–water partition coefficient (Wildman–Crippen LogP) is 3.55. The van der Waals surface area contributed by atoms with E-state index in [2.05, 4.69) is 22.0 Å². The Hall–Kier alpha value is -0.830. The molecule has 0 aromatic heterocycles. The number of aryl methyl sites for hydroxylation is 2. The molecular weight excluding hydrogens is 278 g/mol. The molecule has 94 valence electrons. The quantitative estimate of drug-likeness (QED) is 0.782. The molecule has 0 bridgehead atoms. The Kier molecular flexibility index (Phi) is 4.36. The fourth-order valence-corrected chi connectivity index (χ4v) is 2.03. The second-order valence-corrected chi connectivity index (χ2v) is 5.75. The minimum atomic E-state index is -0.186. The third kappa shape index (κ3) is 3.32. The first kappa shape index (κ1) is 14.2. The average Bonchev–Trinajstić information content (AvgIpc) is 2.25. The number of amides is 1. The second kappa shape index (κ2) is 5.21. The van der Waals surface area contributed by atoms with Crippen LogP contribution in [0.25, 0.3) is 0 Å². The summed E-state index contributed by atoms with van der Waals surface area (Å²) in [4.78, 5) is 14.1. The first-order valence-electron chi connectivity index (χ1n) is 5.70. The van der Waals surface area contributed by atoms with Crippen molar-refractivity contribution in [2.45, 2.75) is 33.2 Å². The maximum Gasteiger partial charge on any atom is 0.254 e. The summed E-state index contributed by atoms with van der Waals surface area (Å²) in [6.07, 6.45) is 0. The van der Waals surface area contributed by atoms with E-state index in [1.54, 1.807) is 4.90 Å². The molecule has 0 saturated heterocycles. The van der Waals surface area contributed by atoms with Crippen molar-refractivity contribution in [3.05, 3.63) is 34.9 Å². The van der Waals surface area contributed by atoms with Gasteiger partial charge in [0.1, 0.15) is 0 Å². The van der Waals surface area contributed by atoms with E-state index in [1.165, 1.54) is 0 Å². The van der Waals surface area contributed by atoms with E-state index in [4.69, 9.17) is 0 Å². The van der Waals surface area contributed by atoms with E-state index < -0.39 is 0 Å². The lowest BCUT2D eigenvalue weighted by molar-refractivity contribution is 0.0663. The van der Waals surface area contributed by atoms with Gasteiger partial charge in [0.25, 0.3) is 5.91 Å². The highest BCUT2D eigenvalue weighted by molar-refractivity contribution is 9.09. The summed E-state index contributed by atoms with van der Waals surface area (Å²) < 4.78 is 0. The summed E-state index contributed by atoms with van der Waals surface area (Å²) in [7, 11) is 1.85. The number of halogens is 1. The van der Waals surface area contributed by atoms with Crippen molar-refractivity contribution in [2.75, 3.05) is 12.4 Å². The largest absolute Gasteiger partial charge is 0.336 e. The highest BCUT2D eigenvalue weighted by Gasteiger charge is 2.27. The van der Waals surface area contributed by atoms with Crippen LogP contribution in [0.2, 0.25) is 0 Å². The lowest BCUT2D eigenvalue weighted by Gasteiger charge is -2.34. The zero-order chi connectivity index (χ0) is 13.2. The van der Waals surface area contributed by atoms with Gasteiger partial charge in [-0.05, 0) is 39.8 Å². The van der Waals surface area contributed by atoms with Crippen LogP contribution in [0.4, 0.5) is 0 Å². The zero-order valence-corrected chi connectivity index (χ0v) is 12.8. The molecule has 2 nitrogen and oxygen atoms in total. The standard InChI is InChI=1S/C14H20BrNO/c1-10-6-11(2)8-12(7-10)13(17)16(5)14(3,4)9-15/h6-8H,9H2,1-5H3. The SMILES string of the molecule is Cc1cc(C)cc(C(=O)N(C)C(C)(C)CBr)c1. The molecule has 0 aliphatic carbocycles. The van der Waals surface area contributed by atoms with Gasteiger partial charge in [0.2, 0.25) is 0 Å². The van der Waals surface area contributed by atoms with Crippen LogP contribution >= 0.6 is 15.9 Å². The molecule has 0 heterocycles. The van der Waals surface area contributed by atoms with Crippen molar-refractivity contribution >= 4 is 21.8 Å². The molecule has 17 heavy (non-hydrogen) atoms. The smallest absolute Gasteiger partial charge is 0.254 e. The maximum atomic E-state index is 12.4. The summed E-state index contributed by atoms with van der Waals surface area (Å²) in [6.45, 7) is 8.11. The van der Waals surface area contributed by atoms with Gasteiger partial charge in [-0.15, -0.1) is 0 Å². The van der Waals surface area contributed by atoms with Gasteiger partial charge in [-0.2, -0.15) is 0 Å². The van der Waals surface area contributed by atoms with Crippen LogP contribution in [0.5, 0.6) is 0 Å². The van der Waals surface area contributed by atoms with Crippen molar-refractivity contribution in [3.8, 4) is 0 Å². The van der Waals surface area contributed by atoms with Crippen LogP contribution in [-0.4, -0.2) is 28.7 Å². The first-order chi connectivity index (χ1) is 7.77. The predicted molar refractivity (Wildman–Crippen MR) is 75.9 cm³/mol. The molecule has 0 atom stereocenters. The highest BCUT2D eigenvalue weighted by Crippen LogP contribution is 2.19. The first-order valence-corrected chi connectivity index (χ1v) is 6.82. The third-order valence-corrected chi connectivity index (χ3v) is 4.38. The summed E-state index contributed by atoms with van der Waals surface area (Å²) >= 11 is 3.45. The number of carbonyl (C=O) groups is 1. The van der Waals surface area contributed by atoms with Crippen molar-refractivity contribution in [3.63, 3.8) is 0 Å². The van der Waals surface area contributed by atoms with Crippen LogP contribution in [-0.2, 0) is 0 Å². The molecule has 1 aromatic carbocycles. The number of rotatable bonds is 3. The van der Waals surface area contributed by atoms with Gasteiger partial charge in [0, 0.05) is 23.5 Å². The van der Waals surface area contributed by atoms with Crippen molar-refractivity contribution in [1.82, 2.24) is 4.90 Å². The van der Waals surface area contributed by atoms with E-state index in [-0.39, 0.29) is 11.4 Å².